The Hall–Kier alpha value is -2.27. The summed E-state index contributed by atoms with van der Waals surface area (Å²) in [6.45, 7) is -0.0334. The van der Waals surface area contributed by atoms with Crippen molar-refractivity contribution in [2.75, 3.05) is 20.0 Å². The Morgan fingerprint density at radius 1 is 1.17 bits per heavy atom. The molecule has 126 valence electrons. The Labute approximate surface area is 146 Å². The predicted octanol–water partition coefficient (Wildman–Crippen LogP) is 3.43. The predicted molar refractivity (Wildman–Crippen MR) is 96.3 cm³/mol. The van der Waals surface area contributed by atoms with E-state index >= 15 is 0 Å². The molecule has 1 atom stereocenters. The van der Waals surface area contributed by atoms with Crippen LogP contribution in [-0.4, -0.2) is 37.3 Å². The van der Waals surface area contributed by atoms with Crippen molar-refractivity contribution in [3.63, 3.8) is 0 Å². The smallest absolute Gasteiger partial charge is 0.200 e. The first kappa shape index (κ1) is 18.1. The Bertz CT molecular complexity index is 682. The fraction of sp³-hybridized carbons (Fsp3) is 0.263. The van der Waals surface area contributed by atoms with Gasteiger partial charge in [0, 0.05) is 5.56 Å². The minimum absolute atomic E-state index is 0.0334. The van der Waals surface area contributed by atoms with Crippen LogP contribution in [-0.2, 0) is 11.2 Å². The maximum Gasteiger partial charge on any atom is 0.200 e. The summed E-state index contributed by atoms with van der Waals surface area (Å²) in [4.78, 5) is 23.0. The fourth-order valence-corrected chi connectivity index (χ4v) is 2.64. The molecule has 0 aromatic heterocycles. The lowest BCUT2D eigenvalue weighted by Gasteiger charge is -2.09. The first-order valence-corrected chi connectivity index (χ1v) is 8.82. The van der Waals surface area contributed by atoms with Crippen LogP contribution in [0.2, 0.25) is 0 Å². The van der Waals surface area contributed by atoms with Gasteiger partial charge in [0.25, 0.3) is 0 Å². The quantitative estimate of drug-likeness (QED) is 0.515. The number of Topliss-reactive ketones (excluding diaryl/α,β-unsaturated/α-hetero) is 1. The van der Waals surface area contributed by atoms with Crippen molar-refractivity contribution < 1.29 is 19.1 Å². The summed E-state index contributed by atoms with van der Waals surface area (Å²) < 4.78 is 10.7. The molecule has 4 nitrogen and oxygen atoms in total. The standard InChI is InChI=1S/C19H20O4S/c1-22-17-5-3-4-15(11-17)19(21)13-23-16-8-6-14(7-9-16)10-18(12-20)24-2/h3-9,11-12,18H,10,13H2,1-2H3. The van der Waals surface area contributed by atoms with Crippen LogP contribution in [0.5, 0.6) is 11.5 Å². The van der Waals surface area contributed by atoms with Crippen molar-refractivity contribution in [2.24, 2.45) is 0 Å². The number of carbonyl (C=O) groups is 2. The van der Waals surface area contributed by atoms with E-state index in [1.54, 1.807) is 31.4 Å². The maximum absolute atomic E-state index is 12.2. The average Bonchev–Trinajstić information content (AvgIpc) is 2.65. The number of carbonyl (C=O) groups excluding carboxylic acids is 2. The van der Waals surface area contributed by atoms with E-state index in [2.05, 4.69) is 0 Å². The van der Waals surface area contributed by atoms with Crippen LogP contribution in [0.4, 0.5) is 0 Å². The molecular weight excluding hydrogens is 324 g/mol. The normalized spacial score (nSPS) is 11.6. The van der Waals surface area contributed by atoms with E-state index in [0.717, 1.165) is 11.8 Å². The van der Waals surface area contributed by atoms with Gasteiger partial charge in [0.1, 0.15) is 17.8 Å². The summed E-state index contributed by atoms with van der Waals surface area (Å²) in [6, 6.07) is 14.5. The van der Waals surface area contributed by atoms with E-state index in [1.165, 1.54) is 11.8 Å². The Balaban J connectivity index is 1.91. The van der Waals surface area contributed by atoms with Crippen LogP contribution < -0.4 is 9.47 Å². The number of ketones is 1. The van der Waals surface area contributed by atoms with Crippen LogP contribution in [0, 0.1) is 0 Å². The number of hydrogen-bond donors (Lipinski definition) is 0. The van der Waals surface area contributed by atoms with E-state index < -0.39 is 0 Å². The van der Waals surface area contributed by atoms with Crippen molar-refractivity contribution in [2.45, 2.75) is 11.7 Å². The topological polar surface area (TPSA) is 52.6 Å². The molecule has 2 aromatic carbocycles. The average molecular weight is 344 g/mol. The zero-order valence-corrected chi connectivity index (χ0v) is 14.5. The van der Waals surface area contributed by atoms with Crippen LogP contribution in [0.15, 0.2) is 48.5 Å². The largest absolute Gasteiger partial charge is 0.497 e. The number of hydrogen-bond acceptors (Lipinski definition) is 5. The number of thioether (sulfide) groups is 1. The first-order chi connectivity index (χ1) is 11.7. The molecule has 0 N–H and O–H groups in total. The number of methoxy groups -OCH3 is 1. The highest BCUT2D eigenvalue weighted by Gasteiger charge is 2.09. The van der Waals surface area contributed by atoms with Gasteiger partial charge >= 0.3 is 0 Å². The van der Waals surface area contributed by atoms with Crippen LogP contribution in [0.1, 0.15) is 15.9 Å². The molecule has 0 aliphatic carbocycles. The molecule has 0 aliphatic rings. The summed E-state index contributed by atoms with van der Waals surface area (Å²) in [5, 5.41) is -0.0357. The fourth-order valence-electron chi connectivity index (χ4n) is 2.17. The summed E-state index contributed by atoms with van der Waals surface area (Å²) >= 11 is 1.53. The van der Waals surface area contributed by atoms with Crippen molar-refractivity contribution in [1.29, 1.82) is 0 Å². The Morgan fingerprint density at radius 3 is 2.54 bits per heavy atom. The van der Waals surface area contributed by atoms with Gasteiger partial charge in [-0.25, -0.2) is 0 Å². The monoisotopic (exact) mass is 344 g/mol. The van der Waals surface area contributed by atoms with Gasteiger partial charge in [-0.2, -0.15) is 11.8 Å². The highest BCUT2D eigenvalue weighted by atomic mass is 32.2. The van der Waals surface area contributed by atoms with Crippen molar-refractivity contribution in [1.82, 2.24) is 0 Å². The molecule has 0 spiro atoms. The Morgan fingerprint density at radius 2 is 1.92 bits per heavy atom. The second-order valence-electron chi connectivity index (χ2n) is 5.20. The summed E-state index contributed by atoms with van der Waals surface area (Å²) in [7, 11) is 1.56. The third-order valence-electron chi connectivity index (χ3n) is 3.58. The minimum atomic E-state index is -0.110. The molecule has 0 bridgehead atoms. The van der Waals surface area contributed by atoms with Crippen molar-refractivity contribution >= 4 is 23.8 Å². The molecule has 0 aliphatic heterocycles. The first-order valence-electron chi connectivity index (χ1n) is 7.53. The zero-order valence-electron chi connectivity index (χ0n) is 13.7. The lowest BCUT2D eigenvalue weighted by atomic mass is 10.1. The molecule has 0 saturated carbocycles. The van der Waals surface area contributed by atoms with Crippen LogP contribution in [0.3, 0.4) is 0 Å². The van der Waals surface area contributed by atoms with E-state index in [9.17, 15) is 9.59 Å². The van der Waals surface area contributed by atoms with E-state index in [-0.39, 0.29) is 17.6 Å². The van der Waals surface area contributed by atoms with Crippen molar-refractivity contribution in [3.8, 4) is 11.5 Å². The summed E-state index contributed by atoms with van der Waals surface area (Å²) in [6.07, 6.45) is 3.57. The third-order valence-corrected chi connectivity index (χ3v) is 4.46. The van der Waals surface area contributed by atoms with Crippen molar-refractivity contribution in [3.05, 3.63) is 59.7 Å². The highest BCUT2D eigenvalue weighted by Crippen LogP contribution is 2.17. The van der Waals surface area contributed by atoms with Gasteiger partial charge in [-0.3, -0.25) is 4.79 Å². The van der Waals surface area contributed by atoms with Crippen LogP contribution >= 0.6 is 11.8 Å². The highest BCUT2D eigenvalue weighted by molar-refractivity contribution is 7.99. The number of rotatable bonds is 9. The molecule has 0 fully saturated rings. The SMILES string of the molecule is COc1cccc(C(=O)COc2ccc(CC(C=O)SC)cc2)c1. The van der Waals surface area contributed by atoms with E-state index in [4.69, 9.17) is 9.47 Å². The zero-order chi connectivity index (χ0) is 17.4. The number of ether oxygens (including phenoxy) is 2. The van der Waals surface area contributed by atoms with Gasteiger partial charge in [0.05, 0.1) is 12.4 Å². The van der Waals surface area contributed by atoms with Gasteiger partial charge in [0.15, 0.2) is 12.4 Å². The molecule has 0 saturated heterocycles. The Kier molecular flexibility index (Phi) is 6.88. The van der Waals surface area contributed by atoms with Gasteiger partial charge in [-0.15, -0.1) is 0 Å². The number of aldehydes is 1. The molecule has 24 heavy (non-hydrogen) atoms. The summed E-state index contributed by atoms with van der Waals surface area (Å²) in [5.41, 5.74) is 1.62. The lowest BCUT2D eigenvalue weighted by Crippen LogP contribution is -2.12. The van der Waals surface area contributed by atoms with Gasteiger partial charge < -0.3 is 14.3 Å². The molecule has 5 heteroatoms. The number of benzene rings is 2. The van der Waals surface area contributed by atoms with E-state index in [0.29, 0.717) is 23.5 Å². The molecule has 0 radical (unpaired) electrons. The van der Waals surface area contributed by atoms with Gasteiger partial charge in [-0.1, -0.05) is 24.3 Å². The molecule has 0 heterocycles. The van der Waals surface area contributed by atoms with Gasteiger partial charge in [0.2, 0.25) is 0 Å². The maximum atomic E-state index is 12.2. The van der Waals surface area contributed by atoms with Gasteiger partial charge in [-0.05, 0) is 42.5 Å². The molecule has 1 unspecified atom stereocenters. The van der Waals surface area contributed by atoms with E-state index in [1.807, 2.05) is 30.5 Å². The second kappa shape index (κ2) is 9.13. The summed E-state index contributed by atoms with van der Waals surface area (Å²) in [5.74, 6) is 1.16. The third kappa shape index (κ3) is 5.13. The lowest BCUT2D eigenvalue weighted by molar-refractivity contribution is -0.107. The second-order valence-corrected chi connectivity index (χ2v) is 6.28. The molecule has 0 amide bonds. The molecule has 2 aromatic rings. The van der Waals surface area contributed by atoms with Crippen LogP contribution in [0.25, 0.3) is 0 Å². The molecular formula is C19H20O4S. The molecule has 2 rings (SSSR count). The minimum Gasteiger partial charge on any atom is -0.497 e.